The minimum atomic E-state index is -4.96. The van der Waals surface area contributed by atoms with Crippen LogP contribution >= 0.6 is 15.6 Å². The highest BCUT2D eigenvalue weighted by Crippen LogP contribution is 2.45. The van der Waals surface area contributed by atoms with E-state index in [1.54, 1.807) is 0 Å². The van der Waals surface area contributed by atoms with Crippen LogP contribution in [0.4, 0.5) is 0 Å². The van der Waals surface area contributed by atoms with Gasteiger partial charge >= 0.3 is 39.5 Å². The molecule has 0 amide bonds. The first-order valence-corrected chi connectivity index (χ1v) is 43.3. The maximum atomic E-state index is 13.1. The lowest BCUT2D eigenvalue weighted by Gasteiger charge is -2.21. The van der Waals surface area contributed by atoms with Gasteiger partial charge in [-0.25, -0.2) is 9.13 Å². The van der Waals surface area contributed by atoms with Gasteiger partial charge in [0.1, 0.15) is 19.3 Å². The number of unbranched alkanes of at least 4 members (excludes halogenated alkanes) is 39. The van der Waals surface area contributed by atoms with Crippen molar-refractivity contribution in [2.24, 2.45) is 23.7 Å². The molecule has 17 nitrogen and oxygen atoms in total. The second-order valence-corrected chi connectivity index (χ2v) is 32.4. The summed E-state index contributed by atoms with van der Waals surface area (Å²) in [7, 11) is -9.92. The first-order valence-electron chi connectivity index (χ1n) is 40.3. The Bertz CT molecular complexity index is 1910. The summed E-state index contributed by atoms with van der Waals surface area (Å²) in [4.78, 5) is 72.9. The van der Waals surface area contributed by atoms with Crippen LogP contribution in [0.2, 0.25) is 0 Å². The van der Waals surface area contributed by atoms with E-state index in [4.69, 9.17) is 37.0 Å². The zero-order valence-corrected chi connectivity index (χ0v) is 65.5. The minimum absolute atomic E-state index is 0.104. The molecule has 0 aromatic carbocycles. The van der Waals surface area contributed by atoms with Gasteiger partial charge in [0.15, 0.2) is 12.2 Å². The summed E-state index contributed by atoms with van der Waals surface area (Å²) in [5, 5.41) is 10.6. The largest absolute Gasteiger partial charge is 0.472 e. The van der Waals surface area contributed by atoms with E-state index in [1.807, 2.05) is 0 Å². The molecule has 0 bridgehead atoms. The van der Waals surface area contributed by atoms with Crippen molar-refractivity contribution in [3.8, 4) is 0 Å². The van der Waals surface area contributed by atoms with Gasteiger partial charge in [-0.3, -0.25) is 37.3 Å². The number of hydrogen-bond acceptors (Lipinski definition) is 15. The van der Waals surface area contributed by atoms with Crippen LogP contribution in [0.1, 0.15) is 396 Å². The topological polar surface area (TPSA) is 237 Å². The van der Waals surface area contributed by atoms with Gasteiger partial charge in [-0.15, -0.1) is 0 Å². The Balaban J connectivity index is 5.25. The molecular formula is C78H152O17P2. The maximum absolute atomic E-state index is 13.1. The van der Waals surface area contributed by atoms with Crippen molar-refractivity contribution in [3.05, 3.63) is 0 Å². The van der Waals surface area contributed by atoms with E-state index in [1.165, 1.54) is 193 Å². The van der Waals surface area contributed by atoms with E-state index in [0.29, 0.717) is 25.7 Å². The van der Waals surface area contributed by atoms with Crippen molar-refractivity contribution in [1.29, 1.82) is 0 Å². The van der Waals surface area contributed by atoms with Crippen molar-refractivity contribution >= 4 is 39.5 Å². The molecule has 7 atom stereocenters. The molecule has 0 aromatic heterocycles. The highest BCUT2D eigenvalue weighted by Gasteiger charge is 2.30. The van der Waals surface area contributed by atoms with Crippen molar-refractivity contribution in [3.63, 3.8) is 0 Å². The van der Waals surface area contributed by atoms with Crippen LogP contribution in [0.3, 0.4) is 0 Å². The quantitative estimate of drug-likeness (QED) is 0.0222. The van der Waals surface area contributed by atoms with Crippen LogP contribution in [-0.2, 0) is 65.4 Å². The predicted molar refractivity (Wildman–Crippen MR) is 395 cm³/mol. The van der Waals surface area contributed by atoms with E-state index >= 15 is 0 Å². The molecule has 0 fully saturated rings. The molecule has 0 aliphatic heterocycles. The number of phosphoric acid groups is 2. The molecule has 576 valence electrons. The summed E-state index contributed by atoms with van der Waals surface area (Å²) in [5.74, 6) is 0.982. The van der Waals surface area contributed by atoms with Gasteiger partial charge in [0.25, 0.3) is 0 Å². The number of phosphoric ester groups is 2. The fourth-order valence-electron chi connectivity index (χ4n) is 11.8. The van der Waals surface area contributed by atoms with Gasteiger partial charge in [-0.2, -0.15) is 0 Å². The van der Waals surface area contributed by atoms with Gasteiger partial charge in [0.2, 0.25) is 0 Å². The fraction of sp³-hybridized carbons (Fsp3) is 0.949. The standard InChI is InChI=1S/C78H152O17P2/c1-9-70(7)56-48-40-32-28-29-35-45-53-61-78(83)95-74(65-89-76(81)59-51-43-37-36-41-49-57-71(8)10-2)67-93-97(86,87)91-63-72(79)62-90-96(84,85)92-66-73(64-88-75(80)58-50-42-33-26-22-18-15-14-17-21-25-31-39-47-55-69(5)6)94-77(82)60-52-44-34-27-23-19-13-11-12-16-20-24-30-38-46-54-68(3)4/h68-74,79H,9-67H2,1-8H3,(H,84,85)(H,86,87)/t70?,71?,72-,73-,74-/m1/s1. The number of esters is 4. The van der Waals surface area contributed by atoms with Crippen LogP contribution in [-0.4, -0.2) is 96.7 Å². The molecule has 0 aliphatic carbocycles. The summed E-state index contributed by atoms with van der Waals surface area (Å²) < 4.78 is 68.6. The predicted octanol–water partition coefficient (Wildman–Crippen LogP) is 22.8. The molecule has 0 rings (SSSR count). The number of hydrogen-bond donors (Lipinski definition) is 3. The second-order valence-electron chi connectivity index (χ2n) is 29.5. The Morgan fingerprint density at radius 2 is 0.495 bits per heavy atom. The summed E-state index contributed by atoms with van der Waals surface area (Å²) >= 11 is 0. The lowest BCUT2D eigenvalue weighted by Crippen LogP contribution is -2.30. The van der Waals surface area contributed by atoms with Crippen LogP contribution in [0, 0.1) is 23.7 Å². The van der Waals surface area contributed by atoms with Crippen LogP contribution in [0.15, 0.2) is 0 Å². The summed E-state index contributed by atoms with van der Waals surface area (Å²) in [6.07, 6.45) is 52.7. The highest BCUT2D eigenvalue weighted by atomic mass is 31.2. The summed E-state index contributed by atoms with van der Waals surface area (Å²) in [6.45, 7) is 14.2. The third kappa shape index (κ3) is 69.5. The number of aliphatic hydroxyl groups is 1. The average Bonchev–Trinajstić information content (AvgIpc) is 1.97. The van der Waals surface area contributed by atoms with Crippen molar-refractivity contribution in [2.75, 3.05) is 39.6 Å². The van der Waals surface area contributed by atoms with Gasteiger partial charge in [0.05, 0.1) is 26.4 Å². The first-order chi connectivity index (χ1) is 46.7. The second kappa shape index (κ2) is 67.2. The fourth-order valence-corrected chi connectivity index (χ4v) is 13.4. The van der Waals surface area contributed by atoms with Crippen LogP contribution in [0.5, 0.6) is 0 Å². The Morgan fingerprint density at radius 1 is 0.289 bits per heavy atom. The molecule has 0 saturated carbocycles. The third-order valence-corrected chi connectivity index (χ3v) is 20.7. The number of carbonyl (C=O) groups is 4. The van der Waals surface area contributed by atoms with E-state index in [2.05, 4.69) is 55.4 Å². The maximum Gasteiger partial charge on any atom is 0.472 e. The highest BCUT2D eigenvalue weighted by molar-refractivity contribution is 7.47. The lowest BCUT2D eigenvalue weighted by molar-refractivity contribution is -0.161. The molecule has 3 N–H and O–H groups in total. The van der Waals surface area contributed by atoms with Gasteiger partial charge in [-0.1, -0.05) is 344 Å². The smallest absolute Gasteiger partial charge is 0.462 e. The zero-order valence-electron chi connectivity index (χ0n) is 63.7. The molecule has 0 radical (unpaired) electrons. The van der Waals surface area contributed by atoms with Gasteiger partial charge in [0, 0.05) is 25.7 Å². The Hall–Kier alpha value is -1.94. The third-order valence-electron chi connectivity index (χ3n) is 18.8. The first kappa shape index (κ1) is 95.1. The normalized spacial score (nSPS) is 14.6. The van der Waals surface area contributed by atoms with Crippen molar-refractivity contribution in [2.45, 2.75) is 414 Å². The van der Waals surface area contributed by atoms with Crippen LogP contribution < -0.4 is 0 Å². The molecule has 0 aliphatic rings. The van der Waals surface area contributed by atoms with Gasteiger partial charge < -0.3 is 33.8 Å². The van der Waals surface area contributed by atoms with E-state index in [-0.39, 0.29) is 25.7 Å². The Morgan fingerprint density at radius 3 is 0.732 bits per heavy atom. The molecule has 4 unspecified atom stereocenters. The molecule has 19 heteroatoms. The molecule has 0 heterocycles. The zero-order chi connectivity index (χ0) is 71.7. The monoisotopic (exact) mass is 1420 g/mol. The number of carbonyl (C=O) groups excluding carboxylic acids is 4. The molecule has 0 saturated heterocycles. The van der Waals surface area contributed by atoms with Crippen molar-refractivity contribution < 1.29 is 80.2 Å². The van der Waals surface area contributed by atoms with Crippen molar-refractivity contribution in [1.82, 2.24) is 0 Å². The van der Waals surface area contributed by atoms with Gasteiger partial charge in [-0.05, 0) is 49.4 Å². The van der Waals surface area contributed by atoms with Crippen LogP contribution in [0.25, 0.3) is 0 Å². The van der Waals surface area contributed by atoms with E-state index in [0.717, 1.165) is 120 Å². The number of ether oxygens (including phenoxy) is 4. The van der Waals surface area contributed by atoms with E-state index in [9.17, 15) is 43.2 Å². The SMILES string of the molecule is CCC(C)CCCCCCCCCCC(=O)O[C@H](COC(=O)CCCCCCCCC(C)CC)COP(=O)(O)OC[C@H](O)COP(=O)(O)OC[C@@H](COC(=O)CCCCCCCCCCCCCCCCC(C)C)OC(=O)CCCCCCCCCCCCCCCCCC(C)C. The molecule has 0 aromatic rings. The molecule has 97 heavy (non-hydrogen) atoms. The molecular weight excluding hydrogens is 1270 g/mol. The Kier molecular flexibility index (Phi) is 65.9. The summed E-state index contributed by atoms with van der Waals surface area (Å²) in [6, 6.07) is 0. The number of rotatable bonds is 75. The van der Waals surface area contributed by atoms with E-state index < -0.39 is 97.5 Å². The minimum Gasteiger partial charge on any atom is -0.462 e. The number of aliphatic hydroxyl groups excluding tert-OH is 1. The Labute approximate surface area is 594 Å². The summed E-state index contributed by atoms with van der Waals surface area (Å²) in [5.41, 5.74) is 0. The lowest BCUT2D eigenvalue weighted by atomic mass is 9.99. The average molecular weight is 1420 g/mol. The molecule has 0 spiro atoms.